The second kappa shape index (κ2) is 2.42. The van der Waals surface area contributed by atoms with Crippen molar-refractivity contribution in [3.63, 3.8) is 0 Å². The van der Waals surface area contributed by atoms with Gasteiger partial charge < -0.3 is 5.32 Å². The van der Waals surface area contributed by atoms with Crippen molar-refractivity contribution in [3.8, 4) is 0 Å². The fraction of sp³-hybridized carbons (Fsp3) is 0.286. The molecule has 0 fully saturated rings. The van der Waals surface area contributed by atoms with Crippen molar-refractivity contribution < 1.29 is 4.79 Å². The zero-order valence-corrected chi connectivity index (χ0v) is 7.14. The number of carbonyl (C=O) groups is 1. The second-order valence-electron chi connectivity index (χ2n) is 2.63. The van der Waals surface area contributed by atoms with Gasteiger partial charge in [0.05, 0.1) is 6.42 Å². The molecule has 1 aliphatic heterocycles. The van der Waals surface area contributed by atoms with Gasteiger partial charge in [0.25, 0.3) is 0 Å². The van der Waals surface area contributed by atoms with Gasteiger partial charge >= 0.3 is 0 Å². The SMILES string of the molecule is Cc1nc(Cl)nc2c1CC(=O)N2. The first-order valence-electron chi connectivity index (χ1n) is 3.49. The van der Waals surface area contributed by atoms with Crippen LogP contribution in [0.3, 0.4) is 0 Å². The molecule has 0 aliphatic carbocycles. The summed E-state index contributed by atoms with van der Waals surface area (Å²) in [5.41, 5.74) is 1.62. The number of nitrogens with zero attached hydrogens (tertiary/aromatic N) is 2. The molecule has 4 nitrogen and oxygen atoms in total. The molecule has 0 aromatic carbocycles. The van der Waals surface area contributed by atoms with E-state index in [9.17, 15) is 4.79 Å². The molecular formula is C7H6ClN3O. The lowest BCUT2D eigenvalue weighted by molar-refractivity contribution is -0.115. The van der Waals surface area contributed by atoms with Crippen LogP contribution in [0, 0.1) is 6.92 Å². The van der Waals surface area contributed by atoms with Crippen molar-refractivity contribution in [2.24, 2.45) is 0 Å². The lowest BCUT2D eigenvalue weighted by atomic mass is 10.2. The number of halogens is 1. The molecule has 1 aliphatic rings. The normalized spacial score (nSPS) is 14.3. The zero-order chi connectivity index (χ0) is 8.72. The van der Waals surface area contributed by atoms with Gasteiger partial charge in [-0.05, 0) is 18.5 Å². The Morgan fingerprint density at radius 3 is 3.00 bits per heavy atom. The van der Waals surface area contributed by atoms with E-state index in [1.807, 2.05) is 6.92 Å². The molecule has 1 amide bonds. The van der Waals surface area contributed by atoms with Crippen LogP contribution in [0.2, 0.25) is 5.28 Å². The average molecular weight is 184 g/mol. The Kier molecular flexibility index (Phi) is 1.51. The first kappa shape index (κ1) is 7.49. The molecule has 5 heteroatoms. The summed E-state index contributed by atoms with van der Waals surface area (Å²) in [5, 5.41) is 2.78. The van der Waals surface area contributed by atoms with Gasteiger partial charge in [-0.3, -0.25) is 4.79 Å². The summed E-state index contributed by atoms with van der Waals surface area (Å²) >= 11 is 5.60. The Bertz CT molecular complexity index is 364. The largest absolute Gasteiger partial charge is 0.310 e. The maximum Gasteiger partial charge on any atom is 0.230 e. The summed E-state index contributed by atoms with van der Waals surface area (Å²) < 4.78 is 0. The lowest BCUT2D eigenvalue weighted by Gasteiger charge is -1.99. The van der Waals surface area contributed by atoms with Crippen LogP contribution in [0.4, 0.5) is 5.82 Å². The fourth-order valence-corrected chi connectivity index (χ4v) is 1.43. The van der Waals surface area contributed by atoms with Gasteiger partial charge in [-0.15, -0.1) is 0 Å². The Morgan fingerprint density at radius 2 is 2.25 bits per heavy atom. The molecule has 0 spiro atoms. The molecule has 0 unspecified atom stereocenters. The molecule has 2 rings (SSSR count). The van der Waals surface area contributed by atoms with E-state index in [2.05, 4.69) is 15.3 Å². The first-order chi connectivity index (χ1) is 5.66. The van der Waals surface area contributed by atoms with Crippen LogP contribution >= 0.6 is 11.6 Å². The van der Waals surface area contributed by atoms with Crippen molar-refractivity contribution in [2.45, 2.75) is 13.3 Å². The predicted molar refractivity (Wildman–Crippen MR) is 44.1 cm³/mol. The number of aromatic nitrogens is 2. The summed E-state index contributed by atoms with van der Waals surface area (Å²) in [6.45, 7) is 1.81. The van der Waals surface area contributed by atoms with Crippen LogP contribution < -0.4 is 5.32 Å². The minimum Gasteiger partial charge on any atom is -0.310 e. The van der Waals surface area contributed by atoms with Crippen molar-refractivity contribution in [1.82, 2.24) is 9.97 Å². The van der Waals surface area contributed by atoms with Crippen LogP contribution in [-0.4, -0.2) is 15.9 Å². The summed E-state index contributed by atoms with van der Waals surface area (Å²) in [7, 11) is 0. The smallest absolute Gasteiger partial charge is 0.230 e. The van der Waals surface area contributed by atoms with Gasteiger partial charge in [-0.1, -0.05) is 0 Å². The second-order valence-corrected chi connectivity index (χ2v) is 2.97. The molecule has 0 bridgehead atoms. The van der Waals surface area contributed by atoms with Gasteiger partial charge in [0.1, 0.15) is 5.82 Å². The quantitative estimate of drug-likeness (QED) is 0.609. The molecule has 1 aromatic heterocycles. The Hall–Kier alpha value is -1.16. The van der Waals surface area contributed by atoms with Crippen LogP contribution in [-0.2, 0) is 11.2 Å². The highest BCUT2D eigenvalue weighted by atomic mass is 35.5. The Labute approximate surface area is 74.0 Å². The minimum absolute atomic E-state index is 0.0512. The summed E-state index contributed by atoms with van der Waals surface area (Å²) in [6.07, 6.45) is 0.359. The number of hydrogen-bond acceptors (Lipinski definition) is 3. The van der Waals surface area contributed by atoms with E-state index < -0.39 is 0 Å². The maximum absolute atomic E-state index is 10.9. The van der Waals surface area contributed by atoms with Crippen molar-refractivity contribution >= 4 is 23.3 Å². The molecule has 1 aromatic rings. The van der Waals surface area contributed by atoms with Gasteiger partial charge in [0, 0.05) is 11.3 Å². The number of anilines is 1. The van der Waals surface area contributed by atoms with E-state index in [0.717, 1.165) is 11.3 Å². The number of fused-ring (bicyclic) bond motifs is 1. The average Bonchev–Trinajstić information content (AvgIpc) is 2.29. The van der Waals surface area contributed by atoms with Gasteiger partial charge in [-0.2, -0.15) is 0 Å². The van der Waals surface area contributed by atoms with Crippen LogP contribution in [0.5, 0.6) is 0 Å². The van der Waals surface area contributed by atoms with Gasteiger partial charge in [-0.25, -0.2) is 9.97 Å². The van der Waals surface area contributed by atoms with E-state index in [4.69, 9.17) is 11.6 Å². The van der Waals surface area contributed by atoms with E-state index in [-0.39, 0.29) is 11.2 Å². The standard InChI is InChI=1S/C7H6ClN3O/c1-3-4-2-5(12)10-6(4)11-7(8)9-3/h2H2,1H3,(H,9,10,11,12). The summed E-state index contributed by atoms with van der Waals surface area (Å²) in [5.74, 6) is 0.502. The lowest BCUT2D eigenvalue weighted by Crippen LogP contribution is -2.04. The molecule has 2 heterocycles. The number of aryl methyl sites for hydroxylation is 1. The van der Waals surface area contributed by atoms with E-state index in [1.54, 1.807) is 0 Å². The van der Waals surface area contributed by atoms with E-state index in [1.165, 1.54) is 0 Å². The number of amides is 1. The molecule has 0 saturated heterocycles. The summed E-state index contributed by atoms with van der Waals surface area (Å²) in [6, 6.07) is 0. The Balaban J connectivity index is 2.59. The molecule has 1 N–H and O–H groups in total. The van der Waals surface area contributed by atoms with Crippen molar-refractivity contribution in [3.05, 3.63) is 16.5 Å². The number of nitrogens with one attached hydrogen (secondary N) is 1. The molecular weight excluding hydrogens is 178 g/mol. The third-order valence-electron chi connectivity index (χ3n) is 1.78. The highest BCUT2D eigenvalue weighted by Crippen LogP contribution is 2.23. The highest BCUT2D eigenvalue weighted by Gasteiger charge is 2.22. The van der Waals surface area contributed by atoms with Crippen molar-refractivity contribution in [1.29, 1.82) is 0 Å². The fourth-order valence-electron chi connectivity index (χ4n) is 1.21. The van der Waals surface area contributed by atoms with Crippen LogP contribution in [0.15, 0.2) is 0 Å². The number of hydrogen-bond donors (Lipinski definition) is 1. The van der Waals surface area contributed by atoms with Crippen molar-refractivity contribution in [2.75, 3.05) is 5.32 Å². The maximum atomic E-state index is 10.9. The van der Waals surface area contributed by atoms with Crippen LogP contribution in [0.25, 0.3) is 0 Å². The molecule has 62 valence electrons. The third kappa shape index (κ3) is 1.04. The van der Waals surface area contributed by atoms with Gasteiger partial charge in [0.15, 0.2) is 0 Å². The third-order valence-corrected chi connectivity index (χ3v) is 1.95. The van der Waals surface area contributed by atoms with E-state index >= 15 is 0 Å². The highest BCUT2D eigenvalue weighted by molar-refractivity contribution is 6.28. The van der Waals surface area contributed by atoms with E-state index in [0.29, 0.717) is 12.2 Å². The predicted octanol–water partition coefficient (Wildman–Crippen LogP) is 0.933. The zero-order valence-electron chi connectivity index (χ0n) is 6.39. The minimum atomic E-state index is -0.0512. The number of rotatable bonds is 0. The first-order valence-corrected chi connectivity index (χ1v) is 3.87. The topological polar surface area (TPSA) is 54.9 Å². The molecule has 12 heavy (non-hydrogen) atoms. The molecule has 0 saturated carbocycles. The number of carbonyl (C=O) groups excluding carboxylic acids is 1. The Morgan fingerprint density at radius 1 is 1.50 bits per heavy atom. The van der Waals surface area contributed by atoms with Gasteiger partial charge in [0.2, 0.25) is 11.2 Å². The summed E-state index contributed by atoms with van der Waals surface area (Å²) in [4.78, 5) is 18.8. The molecule has 0 atom stereocenters. The molecule has 0 radical (unpaired) electrons. The monoisotopic (exact) mass is 183 g/mol. The van der Waals surface area contributed by atoms with Crippen LogP contribution in [0.1, 0.15) is 11.3 Å².